The van der Waals surface area contributed by atoms with Crippen molar-refractivity contribution in [2.24, 2.45) is 5.92 Å². The van der Waals surface area contributed by atoms with Crippen LogP contribution in [0.15, 0.2) is 83.8 Å². The molecule has 3 aromatic carbocycles. The van der Waals surface area contributed by atoms with Crippen LogP contribution >= 0.6 is 23.2 Å². The molecule has 0 heterocycles. The maximum atomic E-state index is 13.8. The predicted octanol–water partition coefficient (Wildman–Crippen LogP) is 5.38. The SMILES string of the molecule is CC(C)CNC(=O)[C@@H](C)N(Cc1ccccc1)C(=O)CN(c1cccc(Cl)c1)S(=O)(=O)c1ccc(Cl)cc1. The quantitative estimate of drug-likeness (QED) is 0.332. The van der Waals surface area contributed by atoms with Crippen molar-refractivity contribution in [1.82, 2.24) is 10.2 Å². The summed E-state index contributed by atoms with van der Waals surface area (Å²) in [6.45, 7) is 5.62. The Morgan fingerprint density at radius 1 is 0.868 bits per heavy atom. The number of benzene rings is 3. The molecule has 0 saturated carbocycles. The zero-order chi connectivity index (χ0) is 27.9. The lowest BCUT2D eigenvalue weighted by Gasteiger charge is -2.32. The first kappa shape index (κ1) is 29.5. The molecule has 0 radical (unpaired) electrons. The Kier molecular flexibility index (Phi) is 10.2. The number of halogens is 2. The van der Waals surface area contributed by atoms with Gasteiger partial charge >= 0.3 is 0 Å². The largest absolute Gasteiger partial charge is 0.354 e. The highest BCUT2D eigenvalue weighted by molar-refractivity contribution is 7.92. The van der Waals surface area contributed by atoms with E-state index in [0.717, 1.165) is 9.87 Å². The number of carbonyl (C=O) groups is 2. The third-order valence-electron chi connectivity index (χ3n) is 5.82. The highest BCUT2D eigenvalue weighted by Gasteiger charge is 2.32. The number of nitrogens with zero attached hydrogens (tertiary/aromatic N) is 2. The van der Waals surface area contributed by atoms with Crippen molar-refractivity contribution in [3.63, 3.8) is 0 Å². The van der Waals surface area contributed by atoms with Gasteiger partial charge in [0, 0.05) is 23.1 Å². The van der Waals surface area contributed by atoms with Crippen molar-refractivity contribution in [2.75, 3.05) is 17.4 Å². The number of amides is 2. The van der Waals surface area contributed by atoms with Crippen molar-refractivity contribution in [1.29, 1.82) is 0 Å². The molecule has 0 aliphatic carbocycles. The molecular formula is C28H31Cl2N3O4S. The van der Waals surface area contributed by atoms with Gasteiger partial charge in [0.2, 0.25) is 11.8 Å². The number of rotatable bonds is 11. The van der Waals surface area contributed by atoms with Crippen molar-refractivity contribution < 1.29 is 18.0 Å². The smallest absolute Gasteiger partial charge is 0.264 e. The summed E-state index contributed by atoms with van der Waals surface area (Å²) < 4.78 is 28.5. The van der Waals surface area contributed by atoms with Crippen molar-refractivity contribution >= 4 is 50.7 Å². The predicted molar refractivity (Wildman–Crippen MR) is 152 cm³/mol. The molecule has 0 aliphatic heterocycles. The fourth-order valence-electron chi connectivity index (χ4n) is 3.71. The molecule has 1 N–H and O–H groups in total. The van der Waals surface area contributed by atoms with Gasteiger partial charge < -0.3 is 10.2 Å². The lowest BCUT2D eigenvalue weighted by molar-refractivity contribution is -0.139. The van der Waals surface area contributed by atoms with E-state index in [2.05, 4.69) is 5.32 Å². The van der Waals surface area contributed by atoms with Crippen LogP contribution in [0.5, 0.6) is 0 Å². The Balaban J connectivity index is 2.00. The first-order valence-electron chi connectivity index (χ1n) is 12.1. The van der Waals surface area contributed by atoms with Gasteiger partial charge in [-0.25, -0.2) is 8.42 Å². The maximum absolute atomic E-state index is 13.8. The molecule has 0 fully saturated rings. The van der Waals surface area contributed by atoms with E-state index >= 15 is 0 Å². The van der Waals surface area contributed by atoms with Crippen LogP contribution in [0.4, 0.5) is 5.69 Å². The van der Waals surface area contributed by atoms with E-state index in [9.17, 15) is 18.0 Å². The second kappa shape index (κ2) is 13.1. The van der Waals surface area contributed by atoms with E-state index in [1.807, 2.05) is 44.2 Å². The molecule has 3 rings (SSSR count). The summed E-state index contributed by atoms with van der Waals surface area (Å²) in [5.41, 5.74) is 1.02. The molecule has 1 atom stereocenters. The Labute approximate surface area is 234 Å². The Morgan fingerprint density at radius 2 is 1.53 bits per heavy atom. The third-order valence-corrected chi connectivity index (χ3v) is 8.10. The molecule has 10 heteroatoms. The maximum Gasteiger partial charge on any atom is 0.264 e. The monoisotopic (exact) mass is 575 g/mol. The Bertz CT molecular complexity index is 1350. The van der Waals surface area contributed by atoms with Crippen LogP contribution < -0.4 is 9.62 Å². The van der Waals surface area contributed by atoms with Crippen LogP contribution in [0.2, 0.25) is 10.0 Å². The van der Waals surface area contributed by atoms with Crippen LogP contribution in [0, 0.1) is 5.92 Å². The zero-order valence-corrected chi connectivity index (χ0v) is 23.8. The van der Waals surface area contributed by atoms with E-state index in [0.29, 0.717) is 16.6 Å². The summed E-state index contributed by atoms with van der Waals surface area (Å²) in [6, 6.07) is 20.3. The summed E-state index contributed by atoms with van der Waals surface area (Å²) in [5.74, 6) is -0.635. The van der Waals surface area contributed by atoms with Gasteiger partial charge in [-0.15, -0.1) is 0 Å². The minimum absolute atomic E-state index is 0.0352. The number of sulfonamides is 1. The van der Waals surface area contributed by atoms with Crippen molar-refractivity contribution in [3.8, 4) is 0 Å². The lowest BCUT2D eigenvalue weighted by Crippen LogP contribution is -2.51. The van der Waals surface area contributed by atoms with Crippen LogP contribution in [-0.4, -0.2) is 44.3 Å². The Morgan fingerprint density at radius 3 is 2.13 bits per heavy atom. The van der Waals surface area contributed by atoms with Gasteiger partial charge in [-0.05, 0) is 60.9 Å². The van der Waals surface area contributed by atoms with Crippen LogP contribution in [-0.2, 0) is 26.2 Å². The summed E-state index contributed by atoms with van der Waals surface area (Å²) in [6.07, 6.45) is 0. The molecule has 0 bridgehead atoms. The molecule has 0 spiro atoms. The topological polar surface area (TPSA) is 86.8 Å². The molecule has 3 aromatic rings. The van der Waals surface area contributed by atoms with E-state index in [-0.39, 0.29) is 29.0 Å². The van der Waals surface area contributed by atoms with Gasteiger partial charge in [-0.2, -0.15) is 0 Å². The highest BCUT2D eigenvalue weighted by atomic mass is 35.5. The number of nitrogens with one attached hydrogen (secondary N) is 1. The number of hydrogen-bond acceptors (Lipinski definition) is 4. The number of anilines is 1. The molecule has 202 valence electrons. The number of hydrogen-bond donors (Lipinski definition) is 1. The van der Waals surface area contributed by atoms with E-state index < -0.39 is 28.5 Å². The molecule has 0 unspecified atom stereocenters. The molecular weight excluding hydrogens is 545 g/mol. The summed E-state index contributed by atoms with van der Waals surface area (Å²) >= 11 is 12.1. The van der Waals surface area contributed by atoms with Gasteiger partial charge in [0.25, 0.3) is 10.0 Å². The highest BCUT2D eigenvalue weighted by Crippen LogP contribution is 2.27. The summed E-state index contributed by atoms with van der Waals surface area (Å²) in [7, 11) is -4.19. The van der Waals surface area contributed by atoms with Crippen LogP contribution in [0.1, 0.15) is 26.3 Å². The minimum Gasteiger partial charge on any atom is -0.354 e. The van der Waals surface area contributed by atoms with Gasteiger partial charge in [-0.1, -0.05) is 73.4 Å². The van der Waals surface area contributed by atoms with Gasteiger partial charge in [0.15, 0.2) is 0 Å². The second-order valence-corrected chi connectivity index (χ2v) is 12.0. The van der Waals surface area contributed by atoms with Crippen molar-refractivity contribution in [3.05, 3.63) is 94.5 Å². The first-order chi connectivity index (χ1) is 18.0. The molecule has 7 nitrogen and oxygen atoms in total. The van der Waals surface area contributed by atoms with E-state index in [1.54, 1.807) is 25.1 Å². The zero-order valence-electron chi connectivity index (χ0n) is 21.5. The van der Waals surface area contributed by atoms with E-state index in [1.165, 1.54) is 35.2 Å². The fourth-order valence-corrected chi connectivity index (χ4v) is 5.43. The third kappa shape index (κ3) is 7.72. The molecule has 0 aliphatic rings. The average Bonchev–Trinajstić information content (AvgIpc) is 2.89. The normalized spacial score (nSPS) is 12.2. The molecule has 38 heavy (non-hydrogen) atoms. The van der Waals surface area contributed by atoms with Gasteiger partial charge in [0.05, 0.1) is 10.6 Å². The fraction of sp³-hybridized carbons (Fsp3) is 0.286. The van der Waals surface area contributed by atoms with Crippen LogP contribution in [0.25, 0.3) is 0 Å². The molecule has 2 amide bonds. The Hall–Kier alpha value is -3.07. The van der Waals surface area contributed by atoms with Crippen LogP contribution in [0.3, 0.4) is 0 Å². The second-order valence-electron chi connectivity index (χ2n) is 9.27. The summed E-state index contributed by atoms with van der Waals surface area (Å²) in [5, 5.41) is 3.56. The average molecular weight is 577 g/mol. The summed E-state index contributed by atoms with van der Waals surface area (Å²) in [4.78, 5) is 28.1. The molecule has 0 saturated heterocycles. The first-order valence-corrected chi connectivity index (χ1v) is 14.3. The van der Waals surface area contributed by atoms with Gasteiger partial charge in [0.1, 0.15) is 12.6 Å². The lowest BCUT2D eigenvalue weighted by atomic mass is 10.1. The van der Waals surface area contributed by atoms with E-state index in [4.69, 9.17) is 23.2 Å². The minimum atomic E-state index is -4.19. The molecule has 0 aromatic heterocycles. The van der Waals surface area contributed by atoms with Crippen molar-refractivity contribution in [2.45, 2.75) is 38.3 Å². The van der Waals surface area contributed by atoms with Gasteiger partial charge in [-0.3, -0.25) is 13.9 Å². The number of carbonyl (C=O) groups excluding carboxylic acids is 2. The standard InChI is InChI=1S/C28H31Cl2N3O4S/c1-20(2)17-31-28(35)21(3)32(18-22-8-5-4-6-9-22)27(34)19-33(25-11-7-10-24(30)16-25)38(36,37)26-14-12-23(29)13-15-26/h4-16,20-21H,17-19H2,1-3H3,(H,31,35)/t21-/m1/s1.